The first-order valence-corrected chi connectivity index (χ1v) is 13.1. The molecule has 1 saturated heterocycles. The molecule has 2 aromatic heterocycles. The van der Waals surface area contributed by atoms with Crippen LogP contribution in [0.25, 0.3) is 10.9 Å². The van der Waals surface area contributed by atoms with Gasteiger partial charge < -0.3 is 20.1 Å². The van der Waals surface area contributed by atoms with Crippen LogP contribution in [0.2, 0.25) is 0 Å². The number of hydrogen-bond acceptors (Lipinski definition) is 6. The Bertz CT molecular complexity index is 1430. The van der Waals surface area contributed by atoms with E-state index in [0.29, 0.717) is 24.0 Å². The minimum Gasteiger partial charge on any atom is -0.493 e. The highest BCUT2D eigenvalue weighted by Gasteiger charge is 2.17. The van der Waals surface area contributed by atoms with Crippen LogP contribution in [0.1, 0.15) is 38.3 Å². The van der Waals surface area contributed by atoms with Crippen LogP contribution in [0.3, 0.4) is 0 Å². The van der Waals surface area contributed by atoms with Crippen LogP contribution >= 0.6 is 0 Å². The van der Waals surface area contributed by atoms with Crippen LogP contribution in [0.15, 0.2) is 61.1 Å². The first-order valence-electron chi connectivity index (χ1n) is 13.1. The minimum absolute atomic E-state index is 0.0902. The van der Waals surface area contributed by atoms with Crippen molar-refractivity contribution in [1.29, 1.82) is 0 Å². The molecule has 3 heterocycles. The molecule has 1 atom stereocenters. The van der Waals surface area contributed by atoms with Crippen molar-refractivity contribution in [2.24, 2.45) is 5.92 Å². The number of carbonyl (C=O) groups excluding carboxylic acids is 1. The second-order valence-corrected chi connectivity index (χ2v) is 10.9. The molecule has 5 rings (SSSR count). The van der Waals surface area contributed by atoms with Gasteiger partial charge in [0.25, 0.3) is 0 Å². The summed E-state index contributed by atoms with van der Waals surface area (Å²) in [7, 11) is 0. The van der Waals surface area contributed by atoms with Crippen molar-refractivity contribution in [2.75, 3.05) is 25.0 Å². The van der Waals surface area contributed by atoms with E-state index < -0.39 is 0 Å². The van der Waals surface area contributed by atoms with E-state index >= 15 is 0 Å². The van der Waals surface area contributed by atoms with Crippen LogP contribution in [-0.2, 0) is 16.8 Å². The second kappa shape index (κ2) is 10.8. The summed E-state index contributed by atoms with van der Waals surface area (Å²) in [6.07, 6.45) is 6.67. The maximum absolute atomic E-state index is 12.6. The molecule has 2 N–H and O–H groups in total. The molecule has 38 heavy (non-hydrogen) atoms. The number of aryl methyl sites for hydroxylation is 1. The lowest BCUT2D eigenvalue weighted by Crippen LogP contribution is -2.22. The largest absolute Gasteiger partial charge is 0.493 e. The highest BCUT2D eigenvalue weighted by Crippen LogP contribution is 2.33. The number of nitrogens with zero attached hydrogens (tertiary/aromatic N) is 3. The van der Waals surface area contributed by atoms with Crippen LogP contribution < -0.4 is 20.1 Å². The third kappa shape index (κ3) is 6.14. The van der Waals surface area contributed by atoms with Gasteiger partial charge in [-0.25, -0.2) is 0 Å². The standard InChI is InChI=1S/C30H35N5O3/c1-20-13-21(14-29(36)34-23-17-33-35(18-23)30(2,3)4)5-8-27(20)38-28-10-12-32-26-7-6-24(15-25(26)28)37-19-22-9-11-31-16-22/h5-8,10,12-13,15,17-18,22,31H,9,11,14,16,19H2,1-4H3,(H,34,36)/t22-/m0/s1. The van der Waals surface area contributed by atoms with E-state index in [4.69, 9.17) is 9.47 Å². The molecule has 198 valence electrons. The molecule has 8 heteroatoms. The molecule has 4 aromatic rings. The van der Waals surface area contributed by atoms with E-state index in [1.54, 1.807) is 12.4 Å². The predicted molar refractivity (Wildman–Crippen MR) is 149 cm³/mol. The number of fused-ring (bicyclic) bond motifs is 1. The van der Waals surface area contributed by atoms with E-state index in [2.05, 4.69) is 41.5 Å². The van der Waals surface area contributed by atoms with E-state index in [-0.39, 0.29) is 17.9 Å². The normalized spacial score (nSPS) is 15.5. The number of aromatic nitrogens is 3. The Kier molecular flexibility index (Phi) is 7.33. The van der Waals surface area contributed by atoms with Crippen molar-refractivity contribution in [3.8, 4) is 17.2 Å². The SMILES string of the molecule is Cc1cc(CC(=O)Nc2cnn(C(C)(C)C)c2)ccc1Oc1ccnc2ccc(OC[C@H]3CCNC3)cc12. The molecular formula is C30H35N5O3. The summed E-state index contributed by atoms with van der Waals surface area (Å²) in [6, 6.07) is 13.6. The predicted octanol–water partition coefficient (Wildman–Crippen LogP) is 5.46. The molecule has 0 bridgehead atoms. The summed E-state index contributed by atoms with van der Waals surface area (Å²) in [5, 5.41) is 11.5. The number of anilines is 1. The third-order valence-electron chi connectivity index (χ3n) is 6.70. The maximum Gasteiger partial charge on any atom is 0.228 e. The molecule has 0 saturated carbocycles. The van der Waals surface area contributed by atoms with Gasteiger partial charge in [0, 0.05) is 30.2 Å². The number of nitrogens with one attached hydrogen (secondary N) is 2. The molecule has 1 aliphatic rings. The summed E-state index contributed by atoms with van der Waals surface area (Å²) in [5.41, 5.74) is 3.25. The van der Waals surface area contributed by atoms with Crippen LogP contribution in [0.5, 0.6) is 17.2 Å². The fourth-order valence-corrected chi connectivity index (χ4v) is 4.55. The number of benzene rings is 2. The topological polar surface area (TPSA) is 90.3 Å². The maximum atomic E-state index is 12.6. The Morgan fingerprint density at radius 1 is 1.16 bits per heavy atom. The highest BCUT2D eigenvalue weighted by atomic mass is 16.5. The zero-order chi connectivity index (χ0) is 26.7. The zero-order valence-corrected chi connectivity index (χ0v) is 22.5. The fourth-order valence-electron chi connectivity index (χ4n) is 4.55. The molecule has 8 nitrogen and oxygen atoms in total. The quantitative estimate of drug-likeness (QED) is 0.325. The Labute approximate surface area is 223 Å². The molecule has 1 fully saturated rings. The fraction of sp³-hybridized carbons (Fsp3) is 0.367. The lowest BCUT2D eigenvalue weighted by molar-refractivity contribution is -0.115. The number of hydrogen-bond donors (Lipinski definition) is 2. The van der Waals surface area contributed by atoms with Crippen molar-refractivity contribution >= 4 is 22.5 Å². The smallest absolute Gasteiger partial charge is 0.228 e. The molecule has 0 radical (unpaired) electrons. The second-order valence-electron chi connectivity index (χ2n) is 10.9. The molecule has 2 aromatic carbocycles. The van der Waals surface area contributed by atoms with Gasteiger partial charge in [0.05, 0.1) is 36.0 Å². The summed E-state index contributed by atoms with van der Waals surface area (Å²) in [5.74, 6) is 2.71. The summed E-state index contributed by atoms with van der Waals surface area (Å²) in [4.78, 5) is 17.1. The van der Waals surface area contributed by atoms with Gasteiger partial charge in [-0.15, -0.1) is 0 Å². The molecular weight excluding hydrogens is 478 g/mol. The van der Waals surface area contributed by atoms with Crippen LogP contribution in [-0.4, -0.2) is 40.4 Å². The monoisotopic (exact) mass is 513 g/mol. The molecule has 1 aliphatic heterocycles. The lowest BCUT2D eigenvalue weighted by atomic mass is 10.1. The van der Waals surface area contributed by atoms with Crippen molar-refractivity contribution in [3.05, 3.63) is 72.2 Å². The number of ether oxygens (including phenoxy) is 2. The molecule has 0 aliphatic carbocycles. The number of pyridine rings is 1. The molecule has 0 unspecified atom stereocenters. The van der Waals surface area contributed by atoms with Gasteiger partial charge in [0.15, 0.2) is 0 Å². The minimum atomic E-state index is -0.141. The average Bonchev–Trinajstić information content (AvgIpc) is 3.57. The van der Waals surface area contributed by atoms with Gasteiger partial charge in [-0.1, -0.05) is 12.1 Å². The van der Waals surface area contributed by atoms with Crippen LogP contribution in [0, 0.1) is 12.8 Å². The van der Waals surface area contributed by atoms with Gasteiger partial charge >= 0.3 is 0 Å². The molecule has 1 amide bonds. The number of rotatable bonds is 8. The lowest BCUT2D eigenvalue weighted by Gasteiger charge is -2.18. The number of carbonyl (C=O) groups is 1. The first-order chi connectivity index (χ1) is 18.2. The summed E-state index contributed by atoms with van der Waals surface area (Å²) < 4.78 is 14.2. The van der Waals surface area contributed by atoms with Crippen molar-refractivity contribution in [1.82, 2.24) is 20.1 Å². The van der Waals surface area contributed by atoms with E-state index in [1.165, 1.54) is 0 Å². The van der Waals surface area contributed by atoms with Gasteiger partial charge in [0.2, 0.25) is 5.91 Å². The molecule has 0 spiro atoms. The van der Waals surface area contributed by atoms with Crippen molar-refractivity contribution < 1.29 is 14.3 Å². The van der Waals surface area contributed by atoms with E-state index in [1.807, 2.05) is 60.3 Å². The van der Waals surface area contributed by atoms with E-state index in [0.717, 1.165) is 53.0 Å². The Balaban J connectivity index is 1.26. The van der Waals surface area contributed by atoms with Crippen LogP contribution in [0.4, 0.5) is 5.69 Å². The van der Waals surface area contributed by atoms with Gasteiger partial charge in [-0.2, -0.15) is 5.10 Å². The Morgan fingerprint density at radius 3 is 2.76 bits per heavy atom. The Morgan fingerprint density at radius 2 is 2.03 bits per heavy atom. The third-order valence-corrected chi connectivity index (χ3v) is 6.70. The number of amides is 1. The van der Waals surface area contributed by atoms with E-state index in [9.17, 15) is 4.79 Å². The first kappa shape index (κ1) is 25.7. The highest BCUT2D eigenvalue weighted by molar-refractivity contribution is 5.92. The summed E-state index contributed by atoms with van der Waals surface area (Å²) >= 11 is 0. The summed E-state index contributed by atoms with van der Waals surface area (Å²) in [6.45, 7) is 10.9. The van der Waals surface area contributed by atoms with Crippen molar-refractivity contribution in [3.63, 3.8) is 0 Å². The van der Waals surface area contributed by atoms with Crippen molar-refractivity contribution in [2.45, 2.75) is 46.1 Å². The van der Waals surface area contributed by atoms with Gasteiger partial charge in [-0.05, 0) is 82.1 Å². The van der Waals surface area contributed by atoms with Gasteiger partial charge in [-0.3, -0.25) is 14.5 Å². The average molecular weight is 514 g/mol. The zero-order valence-electron chi connectivity index (χ0n) is 22.5. The van der Waals surface area contributed by atoms with Gasteiger partial charge in [0.1, 0.15) is 17.2 Å². The Hall–Kier alpha value is -3.91.